The molecule has 3 nitrogen and oxygen atoms in total. The van der Waals surface area contributed by atoms with E-state index in [1.165, 1.54) is 11.3 Å². The van der Waals surface area contributed by atoms with Crippen molar-refractivity contribution in [3.8, 4) is 0 Å². The van der Waals surface area contributed by atoms with Crippen molar-refractivity contribution in [2.45, 2.75) is 19.8 Å². The van der Waals surface area contributed by atoms with Crippen LogP contribution in [0.3, 0.4) is 0 Å². The minimum Gasteiger partial charge on any atom is -0.375 e. The van der Waals surface area contributed by atoms with Gasteiger partial charge >= 0.3 is 0 Å². The first-order valence-corrected chi connectivity index (χ1v) is 8.83. The van der Waals surface area contributed by atoms with Gasteiger partial charge in [-0.05, 0) is 54.8 Å². The number of hydrogen-bond acceptors (Lipinski definition) is 3. The quantitative estimate of drug-likeness (QED) is 0.516. The van der Waals surface area contributed by atoms with E-state index < -0.39 is 0 Å². The third kappa shape index (κ3) is 4.95. The zero-order valence-corrected chi connectivity index (χ0v) is 14.9. The van der Waals surface area contributed by atoms with Gasteiger partial charge in [-0.15, -0.1) is 0 Å². The molecule has 0 atom stereocenters. The van der Waals surface area contributed by atoms with Crippen molar-refractivity contribution >= 4 is 33.0 Å². The molecule has 2 N–H and O–H groups in total. The molecule has 0 amide bonds. The van der Waals surface area contributed by atoms with Crippen LogP contribution >= 0.6 is 15.9 Å². The number of hydrazine groups is 1. The van der Waals surface area contributed by atoms with Crippen LogP contribution in [0.5, 0.6) is 0 Å². The van der Waals surface area contributed by atoms with Gasteiger partial charge in [0.15, 0.2) is 0 Å². The van der Waals surface area contributed by atoms with Crippen molar-refractivity contribution in [1.82, 2.24) is 0 Å². The maximum atomic E-state index is 3.47. The van der Waals surface area contributed by atoms with Crippen molar-refractivity contribution in [3.63, 3.8) is 0 Å². The molecule has 0 radical (unpaired) electrons. The predicted octanol–water partition coefficient (Wildman–Crippen LogP) is 4.91. The summed E-state index contributed by atoms with van der Waals surface area (Å²) in [5, 5.41) is 1.04. The number of rotatable bonds is 8. The van der Waals surface area contributed by atoms with Crippen LogP contribution in [0.1, 0.15) is 18.9 Å². The lowest BCUT2D eigenvalue weighted by atomic mass is 10.2. The Labute approximate surface area is 141 Å². The summed E-state index contributed by atoms with van der Waals surface area (Å²) in [6.07, 6.45) is 2.21. The van der Waals surface area contributed by atoms with E-state index in [0.29, 0.717) is 0 Å². The molecule has 0 saturated heterocycles. The van der Waals surface area contributed by atoms with E-state index in [2.05, 4.69) is 94.2 Å². The van der Waals surface area contributed by atoms with Crippen LogP contribution in [0.15, 0.2) is 48.5 Å². The SMILES string of the molecule is CCc1ccc(NNc2ccc(N(C)CCCBr)cc2)cc1. The lowest BCUT2D eigenvalue weighted by Crippen LogP contribution is -2.18. The second-order valence-electron chi connectivity index (χ2n) is 5.31. The van der Waals surface area contributed by atoms with E-state index in [4.69, 9.17) is 0 Å². The molecular formula is C18H24BrN3. The lowest BCUT2D eigenvalue weighted by molar-refractivity contribution is 0.863. The third-order valence-corrected chi connectivity index (χ3v) is 4.21. The molecular weight excluding hydrogens is 338 g/mol. The molecule has 0 spiro atoms. The number of nitrogens with one attached hydrogen (secondary N) is 2. The number of halogens is 1. The van der Waals surface area contributed by atoms with Crippen molar-refractivity contribution in [1.29, 1.82) is 0 Å². The molecule has 2 aromatic carbocycles. The van der Waals surface area contributed by atoms with E-state index in [1.807, 2.05) is 0 Å². The fourth-order valence-corrected chi connectivity index (χ4v) is 2.44. The normalized spacial score (nSPS) is 10.3. The van der Waals surface area contributed by atoms with E-state index in [-0.39, 0.29) is 0 Å². The summed E-state index contributed by atoms with van der Waals surface area (Å²) < 4.78 is 0. The van der Waals surface area contributed by atoms with Gasteiger partial charge in [-0.3, -0.25) is 0 Å². The highest BCUT2D eigenvalue weighted by molar-refractivity contribution is 9.09. The minimum atomic E-state index is 1.04. The Morgan fingerprint density at radius 1 is 0.909 bits per heavy atom. The van der Waals surface area contributed by atoms with Gasteiger partial charge in [0, 0.05) is 24.6 Å². The molecule has 0 saturated carbocycles. The fraction of sp³-hybridized carbons (Fsp3) is 0.333. The highest BCUT2D eigenvalue weighted by Gasteiger charge is 2.00. The molecule has 118 valence electrons. The number of hydrogen-bond donors (Lipinski definition) is 2. The van der Waals surface area contributed by atoms with Gasteiger partial charge in [0.25, 0.3) is 0 Å². The Hall–Kier alpha value is -1.68. The second-order valence-corrected chi connectivity index (χ2v) is 6.10. The molecule has 0 aliphatic carbocycles. The average Bonchev–Trinajstić information content (AvgIpc) is 2.58. The van der Waals surface area contributed by atoms with Crippen molar-refractivity contribution in [2.75, 3.05) is 34.7 Å². The monoisotopic (exact) mass is 361 g/mol. The standard InChI is InChI=1S/C18H24BrN3/c1-3-15-5-7-16(8-6-15)20-21-17-9-11-18(12-10-17)22(2)14-4-13-19/h5-12,20-21H,3-4,13-14H2,1-2H3. The largest absolute Gasteiger partial charge is 0.375 e. The van der Waals surface area contributed by atoms with Gasteiger partial charge in [0.2, 0.25) is 0 Å². The van der Waals surface area contributed by atoms with Crippen LogP contribution in [-0.2, 0) is 6.42 Å². The predicted molar refractivity (Wildman–Crippen MR) is 101 cm³/mol. The molecule has 22 heavy (non-hydrogen) atoms. The molecule has 0 aliphatic heterocycles. The van der Waals surface area contributed by atoms with Gasteiger partial charge in [-0.2, -0.15) is 0 Å². The van der Waals surface area contributed by atoms with Crippen LogP contribution < -0.4 is 15.8 Å². The van der Waals surface area contributed by atoms with Crippen LogP contribution in [-0.4, -0.2) is 18.9 Å². The number of anilines is 3. The van der Waals surface area contributed by atoms with Crippen molar-refractivity contribution in [3.05, 3.63) is 54.1 Å². The Morgan fingerprint density at radius 2 is 1.45 bits per heavy atom. The van der Waals surface area contributed by atoms with E-state index >= 15 is 0 Å². The summed E-state index contributed by atoms with van der Waals surface area (Å²) in [6, 6.07) is 16.9. The van der Waals surface area contributed by atoms with Crippen LogP contribution in [0.4, 0.5) is 17.1 Å². The molecule has 0 bridgehead atoms. The molecule has 0 unspecified atom stereocenters. The summed E-state index contributed by atoms with van der Waals surface area (Å²) in [6.45, 7) is 3.22. The number of alkyl halides is 1. The van der Waals surface area contributed by atoms with Crippen LogP contribution in [0.25, 0.3) is 0 Å². The molecule has 2 rings (SSSR count). The summed E-state index contributed by atoms with van der Waals surface area (Å²) in [4.78, 5) is 2.27. The summed E-state index contributed by atoms with van der Waals surface area (Å²) in [7, 11) is 2.12. The van der Waals surface area contributed by atoms with E-state index in [1.54, 1.807) is 0 Å². The van der Waals surface area contributed by atoms with Gasteiger partial charge < -0.3 is 15.8 Å². The molecule has 0 aromatic heterocycles. The topological polar surface area (TPSA) is 27.3 Å². The number of benzene rings is 2. The first-order valence-electron chi connectivity index (χ1n) is 7.71. The Bertz CT molecular complexity index is 552. The third-order valence-electron chi connectivity index (χ3n) is 3.65. The molecule has 0 heterocycles. The van der Waals surface area contributed by atoms with Gasteiger partial charge in [0.05, 0.1) is 11.4 Å². The van der Waals surface area contributed by atoms with Gasteiger partial charge in [0.1, 0.15) is 0 Å². The zero-order valence-electron chi connectivity index (χ0n) is 13.3. The fourth-order valence-electron chi connectivity index (χ4n) is 2.19. The van der Waals surface area contributed by atoms with E-state index in [9.17, 15) is 0 Å². The Balaban J connectivity index is 1.87. The average molecular weight is 362 g/mol. The minimum absolute atomic E-state index is 1.04. The molecule has 0 fully saturated rings. The number of nitrogens with zero attached hydrogens (tertiary/aromatic N) is 1. The maximum absolute atomic E-state index is 3.47. The molecule has 0 aliphatic rings. The summed E-state index contributed by atoms with van der Waals surface area (Å²) in [5.41, 5.74) is 11.2. The first-order chi connectivity index (χ1) is 10.7. The van der Waals surface area contributed by atoms with Crippen LogP contribution in [0, 0.1) is 0 Å². The Morgan fingerprint density at radius 3 is 1.95 bits per heavy atom. The van der Waals surface area contributed by atoms with E-state index in [0.717, 1.165) is 36.1 Å². The first kappa shape index (κ1) is 16.7. The highest BCUT2D eigenvalue weighted by atomic mass is 79.9. The smallest absolute Gasteiger partial charge is 0.0541 e. The van der Waals surface area contributed by atoms with Gasteiger partial charge in [-0.1, -0.05) is 35.0 Å². The van der Waals surface area contributed by atoms with Gasteiger partial charge in [-0.25, -0.2) is 0 Å². The second kappa shape index (κ2) is 8.69. The number of aryl methyl sites for hydroxylation is 1. The Kier molecular flexibility index (Phi) is 6.59. The van der Waals surface area contributed by atoms with Crippen molar-refractivity contribution in [2.24, 2.45) is 0 Å². The lowest BCUT2D eigenvalue weighted by Gasteiger charge is -2.19. The molecule has 2 aromatic rings. The maximum Gasteiger partial charge on any atom is 0.0541 e. The summed E-state index contributed by atoms with van der Waals surface area (Å²) in [5.74, 6) is 0. The van der Waals surface area contributed by atoms with Crippen LogP contribution in [0.2, 0.25) is 0 Å². The molecule has 4 heteroatoms. The highest BCUT2D eigenvalue weighted by Crippen LogP contribution is 2.18. The summed E-state index contributed by atoms with van der Waals surface area (Å²) >= 11 is 3.47. The van der Waals surface area contributed by atoms with Crippen molar-refractivity contribution < 1.29 is 0 Å². The zero-order chi connectivity index (χ0) is 15.8.